The van der Waals surface area contributed by atoms with Gasteiger partial charge in [-0.25, -0.2) is 0 Å². The van der Waals surface area contributed by atoms with Gasteiger partial charge in [0.2, 0.25) is 11.8 Å². The number of carbonyl (C=O) groups excluding carboxylic acids is 3. The van der Waals surface area contributed by atoms with E-state index in [4.69, 9.17) is 9.47 Å². The molecular formula is C21H22N2O5. The second-order valence-electron chi connectivity index (χ2n) is 6.47. The number of fused-ring (bicyclic) bond motifs is 1. The second kappa shape index (κ2) is 9.03. The molecule has 0 aliphatic carbocycles. The van der Waals surface area contributed by atoms with Crippen molar-refractivity contribution in [2.24, 2.45) is 0 Å². The molecule has 1 heterocycles. The van der Waals surface area contributed by atoms with Gasteiger partial charge in [-0.05, 0) is 19.1 Å². The predicted molar refractivity (Wildman–Crippen MR) is 104 cm³/mol. The van der Waals surface area contributed by atoms with Crippen LogP contribution < -0.4 is 20.1 Å². The Morgan fingerprint density at radius 1 is 0.893 bits per heavy atom. The number of benzene rings is 2. The first-order valence-electron chi connectivity index (χ1n) is 9.07. The van der Waals surface area contributed by atoms with Crippen molar-refractivity contribution < 1.29 is 23.9 Å². The van der Waals surface area contributed by atoms with E-state index < -0.39 is 0 Å². The number of hydrogen-bond donors (Lipinski definition) is 2. The summed E-state index contributed by atoms with van der Waals surface area (Å²) in [5, 5.41) is 5.21. The topological polar surface area (TPSA) is 93.7 Å². The molecule has 2 aromatic rings. The number of aryl methyl sites for hydroxylation is 1. The molecule has 0 bridgehead atoms. The summed E-state index contributed by atoms with van der Waals surface area (Å²) < 4.78 is 10.9. The van der Waals surface area contributed by atoms with Gasteiger partial charge in [0.25, 0.3) is 0 Å². The highest BCUT2D eigenvalue weighted by Gasteiger charge is 2.14. The molecule has 0 aromatic heterocycles. The van der Waals surface area contributed by atoms with E-state index in [1.165, 1.54) is 0 Å². The van der Waals surface area contributed by atoms with Gasteiger partial charge in [-0.1, -0.05) is 29.8 Å². The lowest BCUT2D eigenvalue weighted by molar-refractivity contribution is -0.124. The molecule has 7 heteroatoms. The molecule has 0 saturated heterocycles. The number of anilines is 1. The van der Waals surface area contributed by atoms with Gasteiger partial charge in [0.05, 0.1) is 6.54 Å². The normalized spacial score (nSPS) is 12.2. The molecule has 1 aliphatic heterocycles. The Morgan fingerprint density at radius 3 is 2.36 bits per heavy atom. The predicted octanol–water partition coefficient (Wildman–Crippen LogP) is 2.48. The smallest absolute Gasteiger partial charge is 0.243 e. The molecule has 7 nitrogen and oxygen atoms in total. The number of rotatable bonds is 7. The first-order chi connectivity index (χ1) is 13.5. The van der Waals surface area contributed by atoms with Gasteiger partial charge in [0.1, 0.15) is 13.2 Å². The third kappa shape index (κ3) is 5.33. The summed E-state index contributed by atoms with van der Waals surface area (Å²) in [7, 11) is 0. The maximum absolute atomic E-state index is 12.1. The Bertz CT molecular complexity index is 877. The van der Waals surface area contributed by atoms with Crippen LogP contribution in [0.15, 0.2) is 42.5 Å². The van der Waals surface area contributed by atoms with Crippen molar-refractivity contribution in [2.45, 2.75) is 19.8 Å². The van der Waals surface area contributed by atoms with Crippen molar-refractivity contribution in [3.05, 3.63) is 53.6 Å². The molecule has 146 valence electrons. The number of ether oxygens (including phenoxy) is 2. The molecule has 2 amide bonds. The highest BCUT2D eigenvalue weighted by atomic mass is 16.6. The zero-order chi connectivity index (χ0) is 19.9. The summed E-state index contributed by atoms with van der Waals surface area (Å²) in [5.41, 5.74) is 2.20. The number of nitrogens with one attached hydrogen (secondary N) is 2. The van der Waals surface area contributed by atoms with Crippen LogP contribution in [0.4, 0.5) is 5.69 Å². The van der Waals surface area contributed by atoms with E-state index in [1.807, 2.05) is 19.1 Å². The molecule has 28 heavy (non-hydrogen) atoms. The van der Waals surface area contributed by atoms with Crippen LogP contribution in [0.25, 0.3) is 0 Å². The summed E-state index contributed by atoms with van der Waals surface area (Å²) in [6, 6.07) is 12.3. The Morgan fingerprint density at radius 2 is 1.61 bits per heavy atom. The summed E-state index contributed by atoms with van der Waals surface area (Å²) in [6.07, 6.45) is 0.128. The third-order valence-electron chi connectivity index (χ3n) is 4.22. The number of Topliss-reactive ketones (excluding diaryl/α,β-unsaturated/α-hetero) is 1. The van der Waals surface area contributed by atoms with Crippen molar-refractivity contribution in [3.8, 4) is 11.5 Å². The van der Waals surface area contributed by atoms with E-state index in [2.05, 4.69) is 10.6 Å². The monoisotopic (exact) mass is 382 g/mol. The molecule has 0 unspecified atom stereocenters. The second-order valence-corrected chi connectivity index (χ2v) is 6.47. The van der Waals surface area contributed by atoms with Crippen molar-refractivity contribution in [1.82, 2.24) is 5.32 Å². The lowest BCUT2D eigenvalue weighted by atomic mass is 10.1. The van der Waals surface area contributed by atoms with Crippen LogP contribution in [-0.2, 0) is 9.59 Å². The first-order valence-corrected chi connectivity index (χ1v) is 9.07. The SMILES string of the molecule is Cc1ccc(C(=O)CCC(=O)NCC(=O)Nc2ccc3c(c2)OCCO3)cc1. The van der Waals surface area contributed by atoms with Gasteiger partial charge in [0.15, 0.2) is 17.3 Å². The Hall–Kier alpha value is -3.35. The zero-order valence-electron chi connectivity index (χ0n) is 15.6. The average molecular weight is 382 g/mol. The molecule has 0 saturated carbocycles. The summed E-state index contributed by atoms with van der Waals surface area (Å²) in [6.45, 7) is 2.72. The number of hydrogen-bond acceptors (Lipinski definition) is 5. The standard InChI is InChI=1S/C21H22N2O5/c1-14-2-4-15(5-3-14)17(24)7-9-20(25)22-13-21(26)23-16-6-8-18-19(12-16)28-11-10-27-18/h2-6,8,12H,7,9-11,13H2,1H3,(H,22,25)(H,23,26). The minimum Gasteiger partial charge on any atom is -0.486 e. The highest BCUT2D eigenvalue weighted by Crippen LogP contribution is 2.32. The van der Waals surface area contributed by atoms with E-state index >= 15 is 0 Å². The van der Waals surface area contributed by atoms with Crippen molar-refractivity contribution >= 4 is 23.3 Å². The van der Waals surface area contributed by atoms with Gasteiger partial charge < -0.3 is 20.1 Å². The van der Waals surface area contributed by atoms with Crippen molar-refractivity contribution in [3.63, 3.8) is 0 Å². The number of ketones is 1. The van der Waals surface area contributed by atoms with Crippen LogP contribution in [0.2, 0.25) is 0 Å². The third-order valence-corrected chi connectivity index (χ3v) is 4.22. The van der Waals surface area contributed by atoms with E-state index in [1.54, 1.807) is 30.3 Å². The van der Waals surface area contributed by atoms with E-state index in [0.29, 0.717) is 36.0 Å². The van der Waals surface area contributed by atoms with Crippen LogP contribution >= 0.6 is 0 Å². The largest absolute Gasteiger partial charge is 0.486 e. The van der Waals surface area contributed by atoms with Gasteiger partial charge in [0, 0.05) is 30.2 Å². The summed E-state index contributed by atoms with van der Waals surface area (Å²) in [5.74, 6) is 0.391. The van der Waals surface area contributed by atoms with Crippen LogP contribution in [-0.4, -0.2) is 37.4 Å². The summed E-state index contributed by atoms with van der Waals surface area (Å²) in [4.78, 5) is 36.0. The molecule has 0 radical (unpaired) electrons. The van der Waals surface area contributed by atoms with Crippen LogP contribution in [0.3, 0.4) is 0 Å². The minimum atomic E-state index is -0.366. The summed E-state index contributed by atoms with van der Waals surface area (Å²) >= 11 is 0. The highest BCUT2D eigenvalue weighted by molar-refractivity contribution is 5.99. The van der Waals surface area contributed by atoms with E-state index in [-0.39, 0.29) is 37.0 Å². The fraction of sp³-hybridized carbons (Fsp3) is 0.286. The lowest BCUT2D eigenvalue weighted by Gasteiger charge is -2.19. The van der Waals surface area contributed by atoms with Crippen LogP contribution in [0, 0.1) is 6.92 Å². The molecule has 2 aromatic carbocycles. The molecule has 0 fully saturated rings. The molecular weight excluding hydrogens is 360 g/mol. The van der Waals surface area contributed by atoms with E-state index in [9.17, 15) is 14.4 Å². The fourth-order valence-corrected chi connectivity index (χ4v) is 2.70. The van der Waals surface area contributed by atoms with Crippen LogP contribution in [0.5, 0.6) is 11.5 Å². The Labute approximate surface area is 163 Å². The van der Waals surface area contributed by atoms with Gasteiger partial charge >= 0.3 is 0 Å². The minimum absolute atomic E-state index is 0.0318. The van der Waals surface area contributed by atoms with Gasteiger partial charge in [-0.15, -0.1) is 0 Å². The quantitative estimate of drug-likeness (QED) is 0.718. The van der Waals surface area contributed by atoms with Gasteiger partial charge in [-0.2, -0.15) is 0 Å². The molecule has 0 atom stereocenters. The Kier molecular flexibility index (Phi) is 6.26. The van der Waals surface area contributed by atoms with Crippen molar-refractivity contribution in [1.29, 1.82) is 0 Å². The lowest BCUT2D eigenvalue weighted by Crippen LogP contribution is -2.33. The molecule has 0 spiro atoms. The number of amides is 2. The average Bonchev–Trinajstić information content (AvgIpc) is 2.71. The zero-order valence-corrected chi connectivity index (χ0v) is 15.6. The van der Waals surface area contributed by atoms with Crippen molar-refractivity contribution in [2.75, 3.05) is 25.1 Å². The van der Waals surface area contributed by atoms with E-state index in [0.717, 1.165) is 5.56 Å². The van der Waals surface area contributed by atoms with Gasteiger partial charge in [-0.3, -0.25) is 14.4 Å². The maximum atomic E-state index is 12.1. The maximum Gasteiger partial charge on any atom is 0.243 e. The molecule has 2 N–H and O–H groups in total. The Balaban J connectivity index is 1.41. The molecule has 3 rings (SSSR count). The number of carbonyl (C=O) groups is 3. The van der Waals surface area contributed by atoms with Crippen LogP contribution in [0.1, 0.15) is 28.8 Å². The first kappa shape index (κ1) is 19.4. The molecule has 1 aliphatic rings. The fourth-order valence-electron chi connectivity index (χ4n) is 2.70.